The molecule has 1 amide bonds. The number of benzene rings is 1. The van der Waals surface area contributed by atoms with E-state index < -0.39 is 17.8 Å². The fourth-order valence-electron chi connectivity index (χ4n) is 3.11. The van der Waals surface area contributed by atoms with Gasteiger partial charge in [0.25, 0.3) is 0 Å². The van der Waals surface area contributed by atoms with Gasteiger partial charge in [0.1, 0.15) is 0 Å². The number of carbonyl (C=O) groups excluding carboxylic acids is 1. The lowest BCUT2D eigenvalue weighted by Crippen LogP contribution is -2.39. The van der Waals surface area contributed by atoms with Crippen molar-refractivity contribution in [2.75, 3.05) is 11.4 Å². The van der Waals surface area contributed by atoms with Crippen molar-refractivity contribution in [2.45, 2.75) is 26.7 Å². The molecule has 1 aliphatic rings. The Kier molecular flexibility index (Phi) is 4.42. The molecule has 0 bridgehead atoms. The summed E-state index contributed by atoms with van der Waals surface area (Å²) in [6.07, 6.45) is 1.26. The largest absolute Gasteiger partial charge is 0.481 e. The number of aliphatic carboxylic acids is 1. The Labute approximate surface area is 119 Å². The predicted octanol–water partition coefficient (Wildman–Crippen LogP) is 2.79. The molecule has 0 radical (unpaired) electrons. The average Bonchev–Trinajstić information content (AvgIpc) is 2.83. The molecule has 0 aromatic heterocycles. The molecule has 1 aliphatic carbocycles. The molecule has 2 rings (SSSR count). The zero-order valence-corrected chi connectivity index (χ0v) is 12.0. The minimum atomic E-state index is -0.850. The van der Waals surface area contributed by atoms with E-state index in [9.17, 15) is 14.7 Å². The molecule has 0 saturated heterocycles. The number of nitrogens with zero attached hydrogens (tertiary/aromatic N) is 1. The Hall–Kier alpha value is -1.84. The van der Waals surface area contributed by atoms with E-state index in [1.807, 2.05) is 44.2 Å². The van der Waals surface area contributed by atoms with Crippen molar-refractivity contribution in [3.05, 3.63) is 30.3 Å². The van der Waals surface area contributed by atoms with Crippen LogP contribution in [-0.2, 0) is 9.59 Å². The van der Waals surface area contributed by atoms with Gasteiger partial charge in [0.2, 0.25) is 5.91 Å². The molecule has 3 atom stereocenters. The third-order valence-corrected chi connectivity index (χ3v) is 4.08. The Morgan fingerprint density at radius 2 is 1.80 bits per heavy atom. The zero-order chi connectivity index (χ0) is 14.7. The summed E-state index contributed by atoms with van der Waals surface area (Å²) < 4.78 is 0. The van der Waals surface area contributed by atoms with Crippen molar-refractivity contribution >= 4 is 17.6 Å². The zero-order valence-electron chi connectivity index (χ0n) is 12.0. The highest BCUT2D eigenvalue weighted by molar-refractivity contribution is 5.97. The highest BCUT2D eigenvalue weighted by Gasteiger charge is 2.42. The van der Waals surface area contributed by atoms with Crippen LogP contribution in [0.4, 0.5) is 5.69 Å². The molecule has 0 heterocycles. The second kappa shape index (κ2) is 6.07. The van der Waals surface area contributed by atoms with E-state index in [2.05, 4.69) is 0 Å². The molecule has 1 aromatic carbocycles. The number of anilines is 1. The van der Waals surface area contributed by atoms with Gasteiger partial charge in [-0.15, -0.1) is 0 Å². The molecule has 0 spiro atoms. The van der Waals surface area contributed by atoms with Crippen LogP contribution in [0.15, 0.2) is 30.3 Å². The first-order valence-corrected chi connectivity index (χ1v) is 7.13. The highest BCUT2D eigenvalue weighted by atomic mass is 16.4. The van der Waals surface area contributed by atoms with Gasteiger partial charge in [-0.3, -0.25) is 9.59 Å². The van der Waals surface area contributed by atoms with E-state index in [0.29, 0.717) is 25.3 Å². The number of hydrogen-bond acceptors (Lipinski definition) is 2. The van der Waals surface area contributed by atoms with Gasteiger partial charge >= 0.3 is 5.97 Å². The third kappa shape index (κ3) is 2.84. The monoisotopic (exact) mass is 275 g/mol. The van der Waals surface area contributed by atoms with E-state index >= 15 is 0 Å². The van der Waals surface area contributed by atoms with Crippen LogP contribution >= 0.6 is 0 Å². The normalized spacial score (nSPS) is 25.4. The minimum Gasteiger partial charge on any atom is -0.481 e. The van der Waals surface area contributed by atoms with Crippen LogP contribution in [0.1, 0.15) is 26.7 Å². The molecular formula is C16H21NO3. The number of hydrogen-bond donors (Lipinski definition) is 1. The van der Waals surface area contributed by atoms with Crippen molar-refractivity contribution in [3.8, 4) is 0 Å². The van der Waals surface area contributed by atoms with Gasteiger partial charge in [0.15, 0.2) is 0 Å². The van der Waals surface area contributed by atoms with Crippen LogP contribution in [0, 0.1) is 17.8 Å². The summed E-state index contributed by atoms with van der Waals surface area (Å²) in [5, 5.41) is 9.30. The minimum absolute atomic E-state index is 0.0598. The van der Waals surface area contributed by atoms with Gasteiger partial charge in [-0.25, -0.2) is 0 Å². The first-order valence-electron chi connectivity index (χ1n) is 7.13. The van der Waals surface area contributed by atoms with Gasteiger partial charge < -0.3 is 10.0 Å². The summed E-state index contributed by atoms with van der Waals surface area (Å²) >= 11 is 0. The van der Waals surface area contributed by atoms with Crippen molar-refractivity contribution in [1.82, 2.24) is 0 Å². The van der Waals surface area contributed by atoms with Crippen LogP contribution in [0.5, 0.6) is 0 Å². The molecule has 108 valence electrons. The maximum atomic E-state index is 12.7. The maximum Gasteiger partial charge on any atom is 0.307 e. The van der Waals surface area contributed by atoms with E-state index in [1.165, 1.54) is 0 Å². The van der Waals surface area contributed by atoms with Crippen LogP contribution in [0.3, 0.4) is 0 Å². The quantitative estimate of drug-likeness (QED) is 0.919. The van der Waals surface area contributed by atoms with Gasteiger partial charge in [-0.05, 0) is 37.8 Å². The second-order valence-corrected chi connectivity index (χ2v) is 5.55. The average molecular weight is 275 g/mol. The lowest BCUT2D eigenvalue weighted by atomic mass is 9.94. The van der Waals surface area contributed by atoms with Gasteiger partial charge in [-0.1, -0.05) is 25.1 Å². The third-order valence-electron chi connectivity index (χ3n) is 4.08. The number of carboxylic acids is 1. The molecule has 0 aliphatic heterocycles. The summed E-state index contributed by atoms with van der Waals surface area (Å²) in [6.45, 7) is 4.49. The standard InChI is InChI=1S/C16H21NO3/c1-3-17(12-7-5-4-6-8-12)15(18)13-9-11(2)10-14(13)16(19)20/h4-8,11,13-14H,3,9-10H2,1-2H3,(H,19,20)/t11?,13-,14+/m0/s1. The Morgan fingerprint density at radius 1 is 1.20 bits per heavy atom. The van der Waals surface area contributed by atoms with E-state index in [4.69, 9.17) is 0 Å². The lowest BCUT2D eigenvalue weighted by molar-refractivity contribution is -0.145. The molecule has 1 unspecified atom stereocenters. The first kappa shape index (κ1) is 14.6. The van der Waals surface area contributed by atoms with Gasteiger partial charge in [0.05, 0.1) is 11.8 Å². The van der Waals surface area contributed by atoms with Gasteiger partial charge in [-0.2, -0.15) is 0 Å². The summed E-state index contributed by atoms with van der Waals surface area (Å²) in [6, 6.07) is 9.44. The molecule has 1 aromatic rings. The smallest absolute Gasteiger partial charge is 0.307 e. The molecule has 1 saturated carbocycles. The van der Waals surface area contributed by atoms with Crippen LogP contribution < -0.4 is 4.90 Å². The molecule has 20 heavy (non-hydrogen) atoms. The maximum absolute atomic E-state index is 12.7. The Bertz CT molecular complexity index is 486. The van der Waals surface area contributed by atoms with Gasteiger partial charge in [0, 0.05) is 12.2 Å². The Balaban J connectivity index is 2.22. The summed E-state index contributed by atoms with van der Waals surface area (Å²) in [5.74, 6) is -1.57. The molecule has 4 heteroatoms. The number of carbonyl (C=O) groups is 2. The first-order chi connectivity index (χ1) is 9.54. The van der Waals surface area contributed by atoms with Crippen LogP contribution in [0.25, 0.3) is 0 Å². The van der Waals surface area contributed by atoms with E-state index in [0.717, 1.165) is 5.69 Å². The molecule has 1 N–H and O–H groups in total. The SMILES string of the molecule is CCN(C(=O)[C@H]1CC(C)C[C@H]1C(=O)O)c1ccccc1. The van der Waals surface area contributed by atoms with Crippen LogP contribution in [-0.4, -0.2) is 23.5 Å². The van der Waals surface area contributed by atoms with Crippen molar-refractivity contribution in [2.24, 2.45) is 17.8 Å². The number of amides is 1. The molecule has 1 fully saturated rings. The lowest BCUT2D eigenvalue weighted by Gasteiger charge is -2.26. The highest BCUT2D eigenvalue weighted by Crippen LogP contribution is 2.38. The second-order valence-electron chi connectivity index (χ2n) is 5.55. The van der Waals surface area contributed by atoms with Crippen molar-refractivity contribution < 1.29 is 14.7 Å². The number of rotatable bonds is 4. The summed E-state index contributed by atoms with van der Waals surface area (Å²) in [7, 11) is 0. The van der Waals surface area contributed by atoms with E-state index in [-0.39, 0.29) is 5.91 Å². The summed E-state index contributed by atoms with van der Waals surface area (Å²) in [5.41, 5.74) is 0.837. The number of carboxylic acid groups (broad SMARTS) is 1. The Morgan fingerprint density at radius 3 is 2.35 bits per heavy atom. The van der Waals surface area contributed by atoms with Crippen LogP contribution in [0.2, 0.25) is 0 Å². The topological polar surface area (TPSA) is 57.6 Å². The molecular weight excluding hydrogens is 254 g/mol. The molecule has 4 nitrogen and oxygen atoms in total. The predicted molar refractivity (Wildman–Crippen MR) is 77.5 cm³/mol. The van der Waals surface area contributed by atoms with Crippen molar-refractivity contribution in [3.63, 3.8) is 0 Å². The van der Waals surface area contributed by atoms with Crippen molar-refractivity contribution in [1.29, 1.82) is 0 Å². The summed E-state index contributed by atoms with van der Waals surface area (Å²) in [4.78, 5) is 25.7. The fraction of sp³-hybridized carbons (Fsp3) is 0.500. The van der Waals surface area contributed by atoms with E-state index in [1.54, 1.807) is 4.90 Å². The number of para-hydroxylation sites is 1. The fourth-order valence-corrected chi connectivity index (χ4v) is 3.11.